The minimum atomic E-state index is -0.337. The second-order valence-corrected chi connectivity index (χ2v) is 6.51. The largest absolute Gasteiger partial charge is 0.320 e. The molecule has 1 aliphatic carbocycles. The Morgan fingerprint density at radius 2 is 1.62 bits per heavy atom. The summed E-state index contributed by atoms with van der Waals surface area (Å²) in [5.41, 5.74) is 3.31. The van der Waals surface area contributed by atoms with Gasteiger partial charge in [-0.1, -0.05) is 42.5 Å². The summed E-state index contributed by atoms with van der Waals surface area (Å²) >= 11 is 0. The Labute approximate surface area is 148 Å². The summed E-state index contributed by atoms with van der Waals surface area (Å²) in [6.45, 7) is 0. The molecule has 0 atom stereocenters. The first-order valence-electron chi connectivity index (χ1n) is 8.54. The minimum absolute atomic E-state index is 0.212. The summed E-state index contributed by atoms with van der Waals surface area (Å²) in [5, 5.41) is 12.6. The summed E-state index contributed by atoms with van der Waals surface area (Å²) < 4.78 is 0. The van der Waals surface area contributed by atoms with Crippen molar-refractivity contribution in [3.8, 4) is 0 Å². The van der Waals surface area contributed by atoms with Crippen LogP contribution in [0.5, 0.6) is 0 Å². The number of hydrogen-bond donors (Lipinski definition) is 2. The van der Waals surface area contributed by atoms with Gasteiger partial charge in [0.15, 0.2) is 5.69 Å². The van der Waals surface area contributed by atoms with Crippen LogP contribution in [0.15, 0.2) is 59.4 Å². The second kappa shape index (κ2) is 5.52. The smallest absolute Gasteiger partial charge is 0.276 e. The summed E-state index contributed by atoms with van der Waals surface area (Å²) in [4.78, 5) is 24.8. The lowest BCUT2D eigenvalue weighted by Crippen LogP contribution is -2.19. The van der Waals surface area contributed by atoms with Crippen molar-refractivity contribution in [1.82, 2.24) is 10.2 Å². The summed E-state index contributed by atoms with van der Waals surface area (Å²) in [7, 11) is 0. The Bertz CT molecular complexity index is 1250. The molecular formula is C21H15N3O2. The molecule has 0 saturated heterocycles. The third kappa shape index (κ3) is 2.14. The molecule has 1 amide bonds. The van der Waals surface area contributed by atoms with Crippen molar-refractivity contribution in [2.45, 2.75) is 12.8 Å². The first-order valence-corrected chi connectivity index (χ1v) is 8.54. The zero-order valence-electron chi connectivity index (χ0n) is 13.9. The molecule has 0 radical (unpaired) electrons. The first kappa shape index (κ1) is 14.8. The van der Waals surface area contributed by atoms with Crippen LogP contribution in [-0.4, -0.2) is 16.1 Å². The van der Waals surface area contributed by atoms with Crippen molar-refractivity contribution in [1.29, 1.82) is 0 Å². The van der Waals surface area contributed by atoms with Crippen LogP contribution in [0.1, 0.15) is 21.6 Å². The molecule has 1 aliphatic rings. The maximum atomic E-state index is 12.9. The third-order valence-corrected chi connectivity index (χ3v) is 5.04. The number of aromatic nitrogens is 2. The van der Waals surface area contributed by atoms with Gasteiger partial charge in [0.05, 0.1) is 5.39 Å². The number of aryl methyl sites for hydroxylation is 2. The van der Waals surface area contributed by atoms with Crippen molar-refractivity contribution in [3.05, 3.63) is 81.8 Å². The van der Waals surface area contributed by atoms with E-state index in [1.807, 2.05) is 18.2 Å². The number of amides is 1. The van der Waals surface area contributed by atoms with Crippen molar-refractivity contribution in [2.75, 3.05) is 5.32 Å². The number of nitrogens with zero attached hydrogens (tertiary/aromatic N) is 1. The van der Waals surface area contributed by atoms with E-state index in [2.05, 4.69) is 27.6 Å². The number of aromatic amines is 1. The Morgan fingerprint density at radius 3 is 2.46 bits per heavy atom. The Balaban J connectivity index is 1.62. The van der Waals surface area contributed by atoms with Crippen LogP contribution in [0.25, 0.3) is 21.5 Å². The van der Waals surface area contributed by atoms with Gasteiger partial charge < -0.3 is 5.32 Å². The number of hydrogen-bond acceptors (Lipinski definition) is 3. The zero-order chi connectivity index (χ0) is 17.7. The molecule has 26 heavy (non-hydrogen) atoms. The molecule has 0 unspecified atom stereocenters. The molecule has 126 valence electrons. The SMILES string of the molecule is O=C(Nc1ccc2c3c(cccc13)CC2)c1n[nH]c(=O)c2ccccc12. The van der Waals surface area contributed by atoms with Crippen LogP contribution in [0, 0.1) is 0 Å². The molecule has 2 N–H and O–H groups in total. The van der Waals surface area contributed by atoms with E-state index in [1.54, 1.807) is 24.3 Å². The zero-order valence-corrected chi connectivity index (χ0v) is 13.9. The quantitative estimate of drug-likeness (QED) is 0.586. The van der Waals surface area contributed by atoms with E-state index in [4.69, 9.17) is 0 Å². The Morgan fingerprint density at radius 1 is 0.885 bits per heavy atom. The fourth-order valence-electron chi connectivity index (χ4n) is 3.83. The molecule has 0 bridgehead atoms. The van der Waals surface area contributed by atoms with Crippen LogP contribution in [0.2, 0.25) is 0 Å². The number of carbonyl (C=O) groups is 1. The number of fused-ring (bicyclic) bond motifs is 1. The summed E-state index contributed by atoms with van der Waals surface area (Å²) in [6.07, 6.45) is 2.08. The van der Waals surface area contributed by atoms with Gasteiger partial charge in [0.25, 0.3) is 11.5 Å². The van der Waals surface area contributed by atoms with E-state index < -0.39 is 0 Å². The van der Waals surface area contributed by atoms with Crippen molar-refractivity contribution in [3.63, 3.8) is 0 Å². The van der Waals surface area contributed by atoms with Gasteiger partial charge in [-0.05, 0) is 41.5 Å². The van der Waals surface area contributed by atoms with Gasteiger partial charge in [-0.15, -0.1) is 0 Å². The molecule has 0 spiro atoms. The first-order chi connectivity index (χ1) is 12.7. The van der Waals surface area contributed by atoms with Crippen LogP contribution in [-0.2, 0) is 12.8 Å². The van der Waals surface area contributed by atoms with Gasteiger partial charge in [0, 0.05) is 16.5 Å². The highest BCUT2D eigenvalue weighted by atomic mass is 16.2. The highest BCUT2D eigenvalue weighted by Crippen LogP contribution is 2.35. The topological polar surface area (TPSA) is 74.8 Å². The molecule has 5 rings (SSSR count). The fourth-order valence-corrected chi connectivity index (χ4v) is 3.83. The van der Waals surface area contributed by atoms with E-state index in [1.165, 1.54) is 16.5 Å². The maximum absolute atomic E-state index is 12.9. The molecule has 1 heterocycles. The third-order valence-electron chi connectivity index (χ3n) is 5.04. The van der Waals surface area contributed by atoms with E-state index in [0.29, 0.717) is 10.8 Å². The predicted molar refractivity (Wildman–Crippen MR) is 102 cm³/mol. The number of anilines is 1. The number of nitrogens with one attached hydrogen (secondary N) is 2. The maximum Gasteiger partial charge on any atom is 0.276 e. The lowest BCUT2D eigenvalue weighted by Gasteiger charge is -2.11. The van der Waals surface area contributed by atoms with Crippen LogP contribution in [0.3, 0.4) is 0 Å². The molecule has 3 aromatic carbocycles. The molecule has 0 aliphatic heterocycles. The van der Waals surface area contributed by atoms with E-state index in [-0.39, 0.29) is 17.2 Å². The summed E-state index contributed by atoms with van der Waals surface area (Å²) in [5.74, 6) is -0.337. The number of benzene rings is 3. The molecule has 0 fully saturated rings. The average molecular weight is 341 g/mol. The molecule has 0 saturated carbocycles. The van der Waals surface area contributed by atoms with Gasteiger partial charge in [-0.2, -0.15) is 5.10 Å². The minimum Gasteiger partial charge on any atom is -0.320 e. The van der Waals surface area contributed by atoms with E-state index in [9.17, 15) is 9.59 Å². The molecular weight excluding hydrogens is 326 g/mol. The Hall–Kier alpha value is -3.47. The van der Waals surface area contributed by atoms with Crippen LogP contribution in [0.4, 0.5) is 5.69 Å². The Kier molecular flexibility index (Phi) is 3.15. The van der Waals surface area contributed by atoms with Crippen molar-refractivity contribution < 1.29 is 4.79 Å². The molecule has 4 aromatic rings. The highest BCUT2D eigenvalue weighted by Gasteiger charge is 2.19. The number of rotatable bonds is 2. The van der Waals surface area contributed by atoms with Gasteiger partial charge >= 0.3 is 0 Å². The van der Waals surface area contributed by atoms with Gasteiger partial charge in [0.2, 0.25) is 0 Å². The standard InChI is InChI=1S/C21H15N3O2/c25-20-15-6-2-1-5-14(15)19(23-24-20)21(26)22-17-11-10-13-9-8-12-4-3-7-16(17)18(12)13/h1-7,10-11H,8-9H2,(H,22,26)(H,24,25). The van der Waals surface area contributed by atoms with Gasteiger partial charge in [-0.3, -0.25) is 9.59 Å². The van der Waals surface area contributed by atoms with Gasteiger partial charge in [0.1, 0.15) is 0 Å². The second-order valence-electron chi connectivity index (χ2n) is 6.51. The monoisotopic (exact) mass is 341 g/mol. The normalized spacial score (nSPS) is 12.6. The predicted octanol–water partition coefficient (Wildman–Crippen LogP) is 3.43. The lowest BCUT2D eigenvalue weighted by atomic mass is 10.0. The molecule has 5 nitrogen and oxygen atoms in total. The van der Waals surface area contributed by atoms with Crippen molar-refractivity contribution >= 4 is 33.1 Å². The average Bonchev–Trinajstić information content (AvgIpc) is 3.09. The molecule has 5 heteroatoms. The lowest BCUT2D eigenvalue weighted by molar-refractivity contribution is 0.102. The number of H-pyrrole nitrogens is 1. The van der Waals surface area contributed by atoms with E-state index >= 15 is 0 Å². The van der Waals surface area contributed by atoms with Crippen LogP contribution < -0.4 is 10.9 Å². The van der Waals surface area contributed by atoms with Crippen LogP contribution >= 0.6 is 0 Å². The van der Waals surface area contributed by atoms with Gasteiger partial charge in [-0.25, -0.2) is 5.10 Å². The van der Waals surface area contributed by atoms with Crippen molar-refractivity contribution in [2.24, 2.45) is 0 Å². The number of carbonyl (C=O) groups excluding carboxylic acids is 1. The van der Waals surface area contributed by atoms with E-state index in [0.717, 1.165) is 23.9 Å². The highest BCUT2D eigenvalue weighted by molar-refractivity contribution is 6.14. The fraction of sp³-hybridized carbons (Fsp3) is 0.0952. The summed E-state index contributed by atoms with van der Waals surface area (Å²) in [6, 6.07) is 17.2. The molecule has 1 aromatic heterocycles.